The van der Waals surface area contributed by atoms with Crippen molar-refractivity contribution in [2.24, 2.45) is 0 Å². The van der Waals surface area contributed by atoms with Crippen molar-refractivity contribution < 1.29 is 14.3 Å². The van der Waals surface area contributed by atoms with Gasteiger partial charge in [-0.1, -0.05) is 60.7 Å². The normalized spacial score (nSPS) is 10.8. The number of carbonyl (C=O) groups excluding carboxylic acids is 1. The van der Waals surface area contributed by atoms with Gasteiger partial charge in [-0.05, 0) is 24.3 Å². The fourth-order valence-corrected chi connectivity index (χ4v) is 3.64. The summed E-state index contributed by atoms with van der Waals surface area (Å²) in [5, 5.41) is 7.28. The second kappa shape index (κ2) is 9.03. The summed E-state index contributed by atoms with van der Waals surface area (Å²) in [4.78, 5) is 22.0. The molecule has 1 N–H and O–H groups in total. The van der Waals surface area contributed by atoms with E-state index in [1.165, 1.54) is 7.11 Å². The monoisotopic (exact) mass is 451 g/mol. The van der Waals surface area contributed by atoms with Gasteiger partial charge in [0.2, 0.25) is 0 Å². The number of carbonyl (C=O) groups is 1. The van der Waals surface area contributed by atoms with Gasteiger partial charge in [-0.3, -0.25) is 10.1 Å². The largest absolute Gasteiger partial charge is 0.493 e. The average molecular weight is 451 g/mol. The van der Waals surface area contributed by atoms with Crippen LogP contribution in [0.3, 0.4) is 0 Å². The lowest BCUT2D eigenvalue weighted by Gasteiger charge is -2.09. The smallest absolute Gasteiger partial charge is 0.258 e. The molecule has 168 valence electrons. The molecule has 1 amide bonds. The first-order valence-electron chi connectivity index (χ1n) is 10.6. The molecule has 0 aliphatic carbocycles. The fraction of sp³-hybridized carbons (Fsp3) is 0.0769. The maximum atomic E-state index is 12.9. The predicted molar refractivity (Wildman–Crippen MR) is 129 cm³/mol. The van der Waals surface area contributed by atoms with Crippen LogP contribution in [0.2, 0.25) is 0 Å². The highest BCUT2D eigenvalue weighted by Gasteiger charge is 2.17. The van der Waals surface area contributed by atoms with Crippen molar-refractivity contribution in [3.63, 3.8) is 0 Å². The number of aromatic nitrogens is 4. The molecule has 5 aromatic rings. The van der Waals surface area contributed by atoms with Crippen LogP contribution in [0.4, 0.5) is 5.95 Å². The van der Waals surface area contributed by atoms with E-state index in [9.17, 15) is 4.79 Å². The van der Waals surface area contributed by atoms with E-state index in [0.717, 1.165) is 22.5 Å². The number of nitrogens with one attached hydrogen (secondary N) is 1. The van der Waals surface area contributed by atoms with Crippen LogP contribution in [0.1, 0.15) is 10.4 Å². The van der Waals surface area contributed by atoms with Gasteiger partial charge in [0.25, 0.3) is 17.6 Å². The number of fused-ring (bicyclic) bond motifs is 1. The Kier molecular flexibility index (Phi) is 5.61. The lowest BCUT2D eigenvalue weighted by atomic mass is 10.1. The van der Waals surface area contributed by atoms with Crippen molar-refractivity contribution in [3.05, 3.63) is 90.5 Å². The van der Waals surface area contributed by atoms with Crippen LogP contribution in [0.25, 0.3) is 28.3 Å². The van der Waals surface area contributed by atoms with Gasteiger partial charge < -0.3 is 9.47 Å². The van der Waals surface area contributed by atoms with Gasteiger partial charge in [0.05, 0.1) is 25.6 Å². The molecule has 0 saturated heterocycles. The Morgan fingerprint density at radius 3 is 2.15 bits per heavy atom. The molecule has 5 rings (SSSR count). The third-order valence-corrected chi connectivity index (χ3v) is 5.32. The second-order valence-corrected chi connectivity index (χ2v) is 7.43. The van der Waals surface area contributed by atoms with E-state index < -0.39 is 0 Å². The molecule has 0 unspecified atom stereocenters. The number of anilines is 1. The molecule has 0 atom stereocenters. The highest BCUT2D eigenvalue weighted by Crippen LogP contribution is 2.28. The zero-order chi connectivity index (χ0) is 23.5. The Bertz CT molecular complexity index is 1470. The molecular weight excluding hydrogens is 430 g/mol. The number of methoxy groups -OCH3 is 2. The van der Waals surface area contributed by atoms with Crippen LogP contribution in [-0.2, 0) is 0 Å². The average Bonchev–Trinajstić information content (AvgIpc) is 3.30. The summed E-state index contributed by atoms with van der Waals surface area (Å²) in [6.07, 6.45) is 0. The van der Waals surface area contributed by atoms with Crippen LogP contribution < -0.4 is 14.8 Å². The van der Waals surface area contributed by atoms with Crippen LogP contribution in [0, 0.1) is 0 Å². The third kappa shape index (κ3) is 4.04. The van der Waals surface area contributed by atoms with E-state index in [-0.39, 0.29) is 11.9 Å². The Morgan fingerprint density at radius 2 is 1.47 bits per heavy atom. The first kappa shape index (κ1) is 21.1. The van der Waals surface area contributed by atoms with Gasteiger partial charge in [-0.2, -0.15) is 9.50 Å². The molecular formula is C26H21N5O3. The molecule has 0 aliphatic heterocycles. The van der Waals surface area contributed by atoms with Crippen molar-refractivity contribution in [1.29, 1.82) is 0 Å². The summed E-state index contributed by atoms with van der Waals surface area (Å²) in [5.41, 5.74) is 3.87. The first-order chi connectivity index (χ1) is 16.7. The molecule has 0 radical (unpaired) electrons. The minimum absolute atomic E-state index is 0.148. The molecule has 0 bridgehead atoms. The van der Waals surface area contributed by atoms with Gasteiger partial charge in [-0.25, -0.2) is 4.98 Å². The van der Waals surface area contributed by atoms with Gasteiger partial charge in [0.15, 0.2) is 11.5 Å². The van der Waals surface area contributed by atoms with Crippen molar-refractivity contribution >= 4 is 17.6 Å². The van der Waals surface area contributed by atoms with E-state index in [1.54, 1.807) is 29.8 Å². The highest BCUT2D eigenvalue weighted by atomic mass is 16.5. The van der Waals surface area contributed by atoms with Gasteiger partial charge in [-0.15, -0.1) is 5.10 Å². The number of hydrogen-bond donors (Lipinski definition) is 1. The van der Waals surface area contributed by atoms with E-state index in [2.05, 4.69) is 20.4 Å². The number of benzene rings is 3. The SMILES string of the molecule is COc1ccc(C(=O)Nc2nc3nc(-c4ccccc4)cc(-c4ccccc4)n3n2)cc1OC. The van der Waals surface area contributed by atoms with E-state index in [1.807, 2.05) is 66.7 Å². The zero-order valence-electron chi connectivity index (χ0n) is 18.6. The molecule has 8 nitrogen and oxygen atoms in total. The van der Waals surface area contributed by atoms with E-state index in [0.29, 0.717) is 22.8 Å². The number of amides is 1. The van der Waals surface area contributed by atoms with Crippen molar-refractivity contribution in [3.8, 4) is 34.0 Å². The van der Waals surface area contributed by atoms with Crippen LogP contribution in [0.15, 0.2) is 84.9 Å². The molecule has 0 fully saturated rings. The van der Waals surface area contributed by atoms with Crippen LogP contribution >= 0.6 is 0 Å². The third-order valence-electron chi connectivity index (χ3n) is 5.32. The summed E-state index contributed by atoms with van der Waals surface area (Å²) < 4.78 is 12.2. The Labute approximate surface area is 195 Å². The molecule has 0 spiro atoms. The van der Waals surface area contributed by atoms with Gasteiger partial charge in [0, 0.05) is 16.7 Å². The molecule has 34 heavy (non-hydrogen) atoms. The van der Waals surface area contributed by atoms with Crippen molar-refractivity contribution in [2.45, 2.75) is 0 Å². The molecule has 0 saturated carbocycles. The maximum Gasteiger partial charge on any atom is 0.258 e. The van der Waals surface area contributed by atoms with Gasteiger partial charge in [0.1, 0.15) is 0 Å². The molecule has 0 aliphatic rings. The minimum Gasteiger partial charge on any atom is -0.493 e. The summed E-state index contributed by atoms with van der Waals surface area (Å²) in [7, 11) is 3.06. The standard InChI is InChI=1S/C26H21N5O3/c1-33-22-14-13-19(15-23(22)34-2)24(32)28-25-29-26-27-20(17-9-5-3-6-10-17)16-21(31(26)30-25)18-11-7-4-8-12-18/h3-16H,1-2H3,(H,28,30,32). The number of rotatable bonds is 6. The van der Waals surface area contributed by atoms with Crippen molar-refractivity contribution in [1.82, 2.24) is 19.6 Å². The molecule has 2 heterocycles. The summed E-state index contributed by atoms with van der Waals surface area (Å²) in [5.74, 6) is 1.15. The van der Waals surface area contributed by atoms with Crippen LogP contribution in [-0.4, -0.2) is 39.7 Å². The summed E-state index contributed by atoms with van der Waals surface area (Å²) in [6.45, 7) is 0. The fourth-order valence-electron chi connectivity index (χ4n) is 3.64. The number of hydrogen-bond acceptors (Lipinski definition) is 6. The number of ether oxygens (including phenoxy) is 2. The predicted octanol–water partition coefficient (Wildman–Crippen LogP) is 4.73. The topological polar surface area (TPSA) is 90.6 Å². The van der Waals surface area contributed by atoms with Crippen LogP contribution in [0.5, 0.6) is 11.5 Å². The van der Waals surface area contributed by atoms with Crippen molar-refractivity contribution in [2.75, 3.05) is 19.5 Å². The summed E-state index contributed by atoms with van der Waals surface area (Å²) in [6, 6.07) is 26.6. The lowest BCUT2D eigenvalue weighted by Crippen LogP contribution is -2.13. The first-order valence-corrected chi connectivity index (χ1v) is 10.6. The second-order valence-electron chi connectivity index (χ2n) is 7.43. The highest BCUT2D eigenvalue weighted by molar-refractivity contribution is 6.03. The zero-order valence-corrected chi connectivity index (χ0v) is 18.6. The molecule has 3 aromatic carbocycles. The number of nitrogens with zero attached hydrogens (tertiary/aromatic N) is 4. The Hall–Kier alpha value is -4.72. The lowest BCUT2D eigenvalue weighted by molar-refractivity contribution is 0.102. The molecule has 2 aromatic heterocycles. The van der Waals surface area contributed by atoms with Gasteiger partial charge >= 0.3 is 0 Å². The minimum atomic E-state index is -0.374. The summed E-state index contributed by atoms with van der Waals surface area (Å²) >= 11 is 0. The maximum absolute atomic E-state index is 12.9. The van der Waals surface area contributed by atoms with E-state index >= 15 is 0 Å². The Morgan fingerprint density at radius 1 is 0.794 bits per heavy atom. The molecule has 8 heteroatoms. The Balaban J connectivity index is 1.55. The quantitative estimate of drug-likeness (QED) is 0.401. The van der Waals surface area contributed by atoms with E-state index in [4.69, 9.17) is 9.47 Å².